The lowest BCUT2D eigenvalue weighted by Crippen LogP contribution is -2.07. The molecule has 1 N–H and O–H groups in total. The van der Waals surface area contributed by atoms with Gasteiger partial charge in [0.1, 0.15) is 12.3 Å². The monoisotopic (exact) mass is 300 g/mol. The largest absolute Gasteiger partial charge is 0.454 e. The van der Waals surface area contributed by atoms with E-state index in [1.807, 2.05) is 31.2 Å². The highest BCUT2D eigenvalue weighted by molar-refractivity contribution is 6.32. The van der Waals surface area contributed by atoms with Gasteiger partial charge in [0.15, 0.2) is 0 Å². The Morgan fingerprint density at radius 3 is 2.86 bits per heavy atom. The molecule has 106 valence electrons. The zero-order chi connectivity index (χ0) is 14.8. The van der Waals surface area contributed by atoms with Crippen molar-refractivity contribution in [1.29, 1.82) is 0 Å². The molecule has 0 spiro atoms. The number of rotatable bonds is 3. The number of carbonyl (C=O) groups excluding carboxylic acids is 1. The van der Waals surface area contributed by atoms with Crippen molar-refractivity contribution in [2.24, 2.45) is 0 Å². The Morgan fingerprint density at radius 2 is 2.10 bits per heavy atom. The molecule has 4 nitrogen and oxygen atoms in total. The molecule has 2 heterocycles. The number of aromatic amines is 1. The Kier molecular flexibility index (Phi) is 3.62. The van der Waals surface area contributed by atoms with Gasteiger partial charge in [-0.25, -0.2) is 9.78 Å². The zero-order valence-corrected chi connectivity index (χ0v) is 12.1. The minimum absolute atomic E-state index is 0.0440. The molecule has 0 bridgehead atoms. The van der Waals surface area contributed by atoms with Crippen LogP contribution in [0, 0.1) is 6.92 Å². The average Bonchev–Trinajstić information content (AvgIpc) is 3.03. The number of halogens is 1. The third-order valence-corrected chi connectivity index (χ3v) is 3.81. The number of nitrogens with zero attached hydrogens (tertiary/aromatic N) is 1. The van der Waals surface area contributed by atoms with Gasteiger partial charge in [0.25, 0.3) is 0 Å². The van der Waals surface area contributed by atoms with Crippen LogP contribution in [0.4, 0.5) is 0 Å². The molecule has 0 amide bonds. The summed E-state index contributed by atoms with van der Waals surface area (Å²) in [7, 11) is 0. The minimum atomic E-state index is -0.427. The van der Waals surface area contributed by atoms with Gasteiger partial charge in [-0.05, 0) is 30.7 Å². The molecule has 5 heteroatoms. The SMILES string of the molecule is Cc1c(Cl)c(COC(=O)c2ccc[nH]2)nc2ccccc12. The van der Waals surface area contributed by atoms with Crippen LogP contribution < -0.4 is 0 Å². The first-order valence-corrected chi connectivity index (χ1v) is 6.89. The van der Waals surface area contributed by atoms with Crippen LogP contribution in [0.2, 0.25) is 5.02 Å². The van der Waals surface area contributed by atoms with Crippen molar-refractivity contribution in [3.8, 4) is 0 Å². The fourth-order valence-corrected chi connectivity index (χ4v) is 2.38. The van der Waals surface area contributed by atoms with Gasteiger partial charge >= 0.3 is 5.97 Å². The number of benzene rings is 1. The van der Waals surface area contributed by atoms with Crippen LogP contribution in [0.25, 0.3) is 10.9 Å². The molecule has 1 aromatic carbocycles. The summed E-state index contributed by atoms with van der Waals surface area (Å²) in [5.41, 5.74) is 2.75. The van der Waals surface area contributed by atoms with E-state index in [0.29, 0.717) is 16.4 Å². The van der Waals surface area contributed by atoms with E-state index in [1.165, 1.54) is 0 Å². The van der Waals surface area contributed by atoms with Gasteiger partial charge in [-0.2, -0.15) is 0 Å². The Labute approximate surface area is 126 Å². The second-order valence-corrected chi connectivity index (χ2v) is 5.05. The molecule has 2 aromatic heterocycles. The van der Waals surface area contributed by atoms with Gasteiger partial charge < -0.3 is 9.72 Å². The quantitative estimate of drug-likeness (QED) is 0.747. The summed E-state index contributed by atoms with van der Waals surface area (Å²) in [5, 5.41) is 1.54. The molecule has 0 aliphatic carbocycles. The maximum absolute atomic E-state index is 11.8. The Bertz CT molecular complexity index is 797. The van der Waals surface area contributed by atoms with Crippen molar-refractivity contribution < 1.29 is 9.53 Å². The highest BCUT2D eigenvalue weighted by Crippen LogP contribution is 2.27. The van der Waals surface area contributed by atoms with E-state index >= 15 is 0 Å². The number of aromatic nitrogens is 2. The molecule has 0 saturated carbocycles. The third-order valence-electron chi connectivity index (χ3n) is 3.30. The Balaban J connectivity index is 1.87. The molecule has 0 unspecified atom stereocenters. The number of hydrogen-bond acceptors (Lipinski definition) is 3. The van der Waals surface area contributed by atoms with Gasteiger partial charge in [0.05, 0.1) is 16.2 Å². The summed E-state index contributed by atoms with van der Waals surface area (Å²) in [6.07, 6.45) is 1.67. The fraction of sp³-hybridized carbons (Fsp3) is 0.125. The van der Waals surface area contributed by atoms with Crippen molar-refractivity contribution >= 4 is 28.5 Å². The van der Waals surface area contributed by atoms with Crippen LogP contribution in [0.1, 0.15) is 21.7 Å². The van der Waals surface area contributed by atoms with E-state index in [1.54, 1.807) is 18.3 Å². The van der Waals surface area contributed by atoms with E-state index in [4.69, 9.17) is 16.3 Å². The molecule has 3 aromatic rings. The maximum Gasteiger partial charge on any atom is 0.355 e. The number of carbonyl (C=O) groups is 1. The lowest BCUT2D eigenvalue weighted by atomic mass is 10.1. The Morgan fingerprint density at radius 1 is 1.29 bits per heavy atom. The Hall–Kier alpha value is -2.33. The van der Waals surface area contributed by atoms with Gasteiger partial charge in [0.2, 0.25) is 0 Å². The van der Waals surface area contributed by atoms with Gasteiger partial charge in [-0.15, -0.1) is 0 Å². The van der Waals surface area contributed by atoms with E-state index in [2.05, 4.69) is 9.97 Å². The number of para-hydroxylation sites is 1. The number of esters is 1. The predicted octanol–water partition coefficient (Wildman–Crippen LogP) is 3.88. The standard InChI is InChI=1S/C16H13ClN2O2/c1-10-11-5-2-3-6-12(11)19-14(15(10)17)9-21-16(20)13-7-4-8-18-13/h2-8,18H,9H2,1H3. The van der Waals surface area contributed by atoms with Crippen LogP contribution in [-0.2, 0) is 11.3 Å². The highest BCUT2D eigenvalue weighted by atomic mass is 35.5. The van der Waals surface area contributed by atoms with Gasteiger partial charge in [-0.1, -0.05) is 29.8 Å². The van der Waals surface area contributed by atoms with E-state index < -0.39 is 5.97 Å². The first kappa shape index (κ1) is 13.6. The molecular formula is C16H13ClN2O2. The summed E-state index contributed by atoms with van der Waals surface area (Å²) in [4.78, 5) is 19.1. The summed E-state index contributed by atoms with van der Waals surface area (Å²) in [6.45, 7) is 1.98. The highest BCUT2D eigenvalue weighted by Gasteiger charge is 2.13. The van der Waals surface area contributed by atoms with E-state index in [0.717, 1.165) is 16.5 Å². The van der Waals surface area contributed by atoms with Crippen LogP contribution in [0.5, 0.6) is 0 Å². The number of nitrogens with one attached hydrogen (secondary N) is 1. The second kappa shape index (κ2) is 5.58. The van der Waals surface area contributed by atoms with E-state index in [9.17, 15) is 4.79 Å². The lowest BCUT2D eigenvalue weighted by Gasteiger charge is -2.10. The van der Waals surface area contributed by atoms with Crippen LogP contribution in [-0.4, -0.2) is 15.9 Å². The molecule has 0 saturated heterocycles. The topological polar surface area (TPSA) is 55.0 Å². The number of fused-ring (bicyclic) bond motifs is 1. The maximum atomic E-state index is 11.8. The first-order valence-electron chi connectivity index (χ1n) is 6.51. The molecule has 0 atom stereocenters. The van der Waals surface area contributed by atoms with Crippen molar-refractivity contribution in [2.75, 3.05) is 0 Å². The molecular weight excluding hydrogens is 288 g/mol. The van der Waals surface area contributed by atoms with Crippen LogP contribution >= 0.6 is 11.6 Å². The first-order chi connectivity index (χ1) is 10.2. The number of pyridine rings is 1. The predicted molar refractivity (Wildman–Crippen MR) is 81.4 cm³/mol. The van der Waals surface area contributed by atoms with Crippen molar-refractivity contribution in [1.82, 2.24) is 9.97 Å². The number of hydrogen-bond donors (Lipinski definition) is 1. The van der Waals surface area contributed by atoms with Gasteiger partial charge in [0, 0.05) is 11.6 Å². The molecule has 0 aliphatic heterocycles. The summed E-state index contributed by atoms with van der Waals surface area (Å²) < 4.78 is 5.24. The smallest absolute Gasteiger partial charge is 0.355 e. The fourth-order valence-electron chi connectivity index (χ4n) is 2.18. The summed E-state index contributed by atoms with van der Waals surface area (Å²) >= 11 is 6.32. The van der Waals surface area contributed by atoms with Crippen molar-refractivity contribution in [3.05, 3.63) is 64.6 Å². The van der Waals surface area contributed by atoms with E-state index in [-0.39, 0.29) is 6.61 Å². The molecule has 0 fully saturated rings. The summed E-state index contributed by atoms with van der Waals surface area (Å²) in [6, 6.07) is 11.1. The van der Waals surface area contributed by atoms with Gasteiger partial charge in [-0.3, -0.25) is 0 Å². The lowest BCUT2D eigenvalue weighted by molar-refractivity contribution is 0.0462. The number of aryl methyl sites for hydroxylation is 1. The molecule has 3 rings (SSSR count). The average molecular weight is 301 g/mol. The molecule has 0 radical (unpaired) electrons. The number of H-pyrrole nitrogens is 1. The normalized spacial score (nSPS) is 10.8. The number of ether oxygens (including phenoxy) is 1. The second-order valence-electron chi connectivity index (χ2n) is 4.67. The van der Waals surface area contributed by atoms with Crippen LogP contribution in [0.15, 0.2) is 42.6 Å². The van der Waals surface area contributed by atoms with Crippen molar-refractivity contribution in [2.45, 2.75) is 13.5 Å². The van der Waals surface area contributed by atoms with Crippen LogP contribution in [0.3, 0.4) is 0 Å². The minimum Gasteiger partial charge on any atom is -0.454 e. The molecule has 0 aliphatic rings. The van der Waals surface area contributed by atoms with Crippen molar-refractivity contribution in [3.63, 3.8) is 0 Å². The molecule has 21 heavy (non-hydrogen) atoms. The third kappa shape index (κ3) is 2.62. The zero-order valence-electron chi connectivity index (χ0n) is 11.4. The summed E-state index contributed by atoms with van der Waals surface area (Å²) in [5.74, 6) is -0.427.